The van der Waals surface area contributed by atoms with E-state index >= 15 is 0 Å². The molecule has 0 saturated carbocycles. The maximum atomic E-state index is 12.0. The van der Waals surface area contributed by atoms with Crippen LogP contribution in [0.15, 0.2) is 48.6 Å². The van der Waals surface area contributed by atoms with E-state index in [1.54, 1.807) is 30.3 Å². The minimum atomic E-state index is -0.472. The Hall–Kier alpha value is -2.58. The van der Waals surface area contributed by atoms with E-state index in [1.165, 1.54) is 37.5 Å². The molecule has 2 N–H and O–H groups in total. The van der Waals surface area contributed by atoms with Crippen molar-refractivity contribution in [3.63, 3.8) is 0 Å². The molecule has 0 radical (unpaired) electrons. The van der Waals surface area contributed by atoms with Gasteiger partial charge in [0, 0.05) is 0 Å². The number of ether oxygens (including phenoxy) is 2. The molecule has 8 heteroatoms. The average molecular weight is 526 g/mol. The van der Waals surface area contributed by atoms with Gasteiger partial charge in [0.2, 0.25) is 3.92 Å². The van der Waals surface area contributed by atoms with Gasteiger partial charge in [-0.2, -0.15) is 0 Å². The third-order valence-corrected chi connectivity index (χ3v) is 4.05. The van der Waals surface area contributed by atoms with Crippen LogP contribution in [0, 0.1) is 0 Å². The second-order valence-corrected chi connectivity index (χ2v) is 8.71. The quantitative estimate of drug-likeness (QED) is 0.277. The van der Waals surface area contributed by atoms with Gasteiger partial charge in [0.25, 0.3) is 0 Å². The maximum Gasteiger partial charge on any atom is 0.207 e. The lowest BCUT2D eigenvalue weighted by Gasteiger charge is -2.09. The van der Waals surface area contributed by atoms with Crippen molar-refractivity contribution in [2.24, 2.45) is 0 Å². The minimum Gasteiger partial charge on any atom is -0.504 e. The topological polar surface area (TPSA) is 93.1 Å². The third-order valence-electron chi connectivity index (χ3n) is 3.68. The fraction of sp³-hybridized carbons (Fsp3) is 0.143. The number of halogens is 2. The van der Waals surface area contributed by atoms with Crippen LogP contribution in [0.2, 0.25) is 0 Å². The molecular formula is C21H18Br2O6. The van der Waals surface area contributed by atoms with E-state index in [0.717, 1.165) is 0 Å². The Morgan fingerprint density at radius 3 is 1.90 bits per heavy atom. The molecule has 0 aliphatic heterocycles. The molecule has 0 atom stereocenters. The Balaban J connectivity index is 1.97. The SMILES string of the molecule is COc1cc(/C=C/C(=O)CC(=O)/C=C/c2ccc(O)c(OC(Br)Br)c2)ccc1O. The monoisotopic (exact) mass is 524 g/mol. The molecule has 0 unspecified atom stereocenters. The molecule has 2 rings (SSSR count). The average Bonchev–Trinajstić information content (AvgIpc) is 2.67. The van der Waals surface area contributed by atoms with Crippen molar-refractivity contribution in [1.82, 2.24) is 0 Å². The smallest absolute Gasteiger partial charge is 0.207 e. The summed E-state index contributed by atoms with van der Waals surface area (Å²) in [6.07, 6.45) is 5.39. The van der Waals surface area contributed by atoms with Crippen molar-refractivity contribution in [3.8, 4) is 23.0 Å². The number of allylic oxidation sites excluding steroid dienone is 2. The predicted molar refractivity (Wildman–Crippen MR) is 118 cm³/mol. The van der Waals surface area contributed by atoms with Crippen LogP contribution in [0.5, 0.6) is 23.0 Å². The summed E-state index contributed by atoms with van der Waals surface area (Å²) in [7, 11) is 1.43. The number of aromatic hydroxyl groups is 2. The molecule has 2 aromatic rings. The standard InChI is InChI=1S/C21H18Br2O6/c1-28-19-10-13(4-8-17(19)26)2-6-15(24)12-16(25)7-3-14-5-9-18(27)20(11-14)29-21(22)23/h2-11,21,26-27H,12H2,1H3/b6-2+,7-3+. The molecule has 0 heterocycles. The summed E-state index contributed by atoms with van der Waals surface area (Å²) in [4.78, 5) is 24.0. The Morgan fingerprint density at radius 2 is 1.41 bits per heavy atom. The fourth-order valence-corrected chi connectivity index (χ4v) is 2.69. The van der Waals surface area contributed by atoms with E-state index in [1.807, 2.05) is 0 Å². The Labute approximate surface area is 184 Å². The van der Waals surface area contributed by atoms with Gasteiger partial charge in [-0.05, 0) is 79.4 Å². The molecule has 6 nitrogen and oxygen atoms in total. The van der Waals surface area contributed by atoms with Crippen LogP contribution in [-0.2, 0) is 9.59 Å². The zero-order valence-electron chi connectivity index (χ0n) is 15.3. The molecule has 0 spiro atoms. The van der Waals surface area contributed by atoms with Crippen molar-refractivity contribution in [3.05, 3.63) is 59.7 Å². The second kappa shape index (κ2) is 10.8. The number of carbonyl (C=O) groups is 2. The van der Waals surface area contributed by atoms with Gasteiger partial charge in [-0.25, -0.2) is 0 Å². The molecule has 29 heavy (non-hydrogen) atoms. The lowest BCUT2D eigenvalue weighted by Crippen LogP contribution is -2.02. The molecule has 0 bridgehead atoms. The summed E-state index contributed by atoms with van der Waals surface area (Å²) < 4.78 is 9.87. The van der Waals surface area contributed by atoms with Crippen LogP contribution < -0.4 is 9.47 Å². The Kier molecular flexibility index (Phi) is 8.48. The van der Waals surface area contributed by atoms with Crippen LogP contribution in [0.4, 0.5) is 0 Å². The van der Waals surface area contributed by atoms with E-state index in [-0.39, 0.29) is 35.2 Å². The predicted octanol–water partition coefficient (Wildman–Crippen LogP) is 4.81. The molecule has 0 aromatic heterocycles. The lowest BCUT2D eigenvalue weighted by atomic mass is 10.1. The number of carbonyl (C=O) groups excluding carboxylic acids is 2. The maximum absolute atomic E-state index is 12.0. The molecule has 152 valence electrons. The highest BCUT2D eigenvalue weighted by atomic mass is 79.9. The van der Waals surface area contributed by atoms with E-state index in [4.69, 9.17) is 9.47 Å². The van der Waals surface area contributed by atoms with Crippen molar-refractivity contribution >= 4 is 55.6 Å². The van der Waals surface area contributed by atoms with E-state index in [2.05, 4.69) is 31.9 Å². The number of phenols is 2. The summed E-state index contributed by atoms with van der Waals surface area (Å²) in [5.74, 6) is -0.228. The molecule has 0 fully saturated rings. The van der Waals surface area contributed by atoms with E-state index < -0.39 is 3.92 Å². The van der Waals surface area contributed by atoms with Gasteiger partial charge in [0.1, 0.15) is 0 Å². The number of phenolic OH excluding ortho intramolecular Hbond substituents is 2. The molecule has 0 aliphatic rings. The largest absolute Gasteiger partial charge is 0.504 e. The number of hydrogen-bond acceptors (Lipinski definition) is 6. The lowest BCUT2D eigenvalue weighted by molar-refractivity contribution is -0.121. The summed E-state index contributed by atoms with van der Waals surface area (Å²) in [5.41, 5.74) is 1.29. The first-order valence-corrected chi connectivity index (χ1v) is 10.2. The Morgan fingerprint density at radius 1 is 0.931 bits per heavy atom. The van der Waals surface area contributed by atoms with Gasteiger partial charge in [0.15, 0.2) is 34.6 Å². The molecule has 0 saturated heterocycles. The van der Waals surface area contributed by atoms with Gasteiger partial charge in [-0.1, -0.05) is 24.3 Å². The first kappa shape index (κ1) is 22.7. The molecular weight excluding hydrogens is 508 g/mol. The van der Waals surface area contributed by atoms with Crippen molar-refractivity contribution in [2.45, 2.75) is 10.3 Å². The van der Waals surface area contributed by atoms with Crippen LogP contribution in [-0.4, -0.2) is 32.8 Å². The van der Waals surface area contributed by atoms with Crippen molar-refractivity contribution < 1.29 is 29.3 Å². The first-order valence-electron chi connectivity index (χ1n) is 8.35. The number of methoxy groups -OCH3 is 1. The number of ketones is 2. The van der Waals surface area contributed by atoms with Gasteiger partial charge in [-0.15, -0.1) is 0 Å². The van der Waals surface area contributed by atoms with Gasteiger partial charge < -0.3 is 19.7 Å². The third kappa shape index (κ3) is 7.40. The van der Waals surface area contributed by atoms with Crippen LogP contribution >= 0.6 is 31.9 Å². The second-order valence-electron chi connectivity index (χ2n) is 5.81. The van der Waals surface area contributed by atoms with Gasteiger partial charge in [-0.3, -0.25) is 9.59 Å². The first-order chi connectivity index (χ1) is 13.8. The zero-order chi connectivity index (χ0) is 21.4. The summed E-state index contributed by atoms with van der Waals surface area (Å²) in [5, 5.41) is 19.3. The van der Waals surface area contributed by atoms with E-state index in [0.29, 0.717) is 16.9 Å². The molecule has 2 aromatic carbocycles. The highest BCUT2D eigenvalue weighted by Crippen LogP contribution is 2.30. The summed E-state index contributed by atoms with van der Waals surface area (Å²) >= 11 is 6.30. The highest BCUT2D eigenvalue weighted by Gasteiger charge is 2.08. The number of hydrogen-bond donors (Lipinski definition) is 2. The van der Waals surface area contributed by atoms with Crippen LogP contribution in [0.25, 0.3) is 12.2 Å². The van der Waals surface area contributed by atoms with Crippen molar-refractivity contribution in [2.75, 3.05) is 7.11 Å². The molecule has 0 aliphatic carbocycles. The van der Waals surface area contributed by atoms with Crippen molar-refractivity contribution in [1.29, 1.82) is 0 Å². The number of rotatable bonds is 9. The fourth-order valence-electron chi connectivity index (χ4n) is 2.29. The summed E-state index contributed by atoms with van der Waals surface area (Å²) in [6.45, 7) is 0. The normalized spacial score (nSPS) is 11.3. The van der Waals surface area contributed by atoms with Crippen LogP contribution in [0.1, 0.15) is 17.5 Å². The number of benzene rings is 2. The minimum absolute atomic E-state index is 0.00173. The summed E-state index contributed by atoms with van der Waals surface area (Å²) in [6, 6.07) is 9.29. The molecule has 0 amide bonds. The van der Waals surface area contributed by atoms with Gasteiger partial charge >= 0.3 is 0 Å². The highest BCUT2D eigenvalue weighted by molar-refractivity contribution is 9.24. The van der Waals surface area contributed by atoms with E-state index in [9.17, 15) is 19.8 Å². The van der Waals surface area contributed by atoms with Crippen LogP contribution in [0.3, 0.4) is 0 Å². The zero-order valence-corrected chi connectivity index (χ0v) is 18.5. The Bertz CT molecular complexity index is 950. The number of alkyl halides is 2. The van der Waals surface area contributed by atoms with Gasteiger partial charge in [0.05, 0.1) is 13.5 Å².